The van der Waals surface area contributed by atoms with E-state index in [1.54, 1.807) is 27.1 Å². The maximum absolute atomic E-state index is 14.1. The molecular formula is C39H57N3O8. The van der Waals surface area contributed by atoms with E-state index in [9.17, 15) is 39.9 Å². The van der Waals surface area contributed by atoms with E-state index in [0.29, 0.717) is 12.0 Å². The minimum Gasteiger partial charge on any atom is -0.510 e. The Labute approximate surface area is 295 Å². The van der Waals surface area contributed by atoms with Crippen LogP contribution in [0.1, 0.15) is 126 Å². The second kappa shape index (κ2) is 16.6. The Bertz CT molecular complexity index is 1530. The zero-order chi connectivity index (χ0) is 36.9. The summed E-state index contributed by atoms with van der Waals surface area (Å²) >= 11 is 0. The molecule has 0 saturated heterocycles. The number of phenolic OH excluding ortho intramolecular Hbond substituents is 1. The number of ketones is 2. The summed E-state index contributed by atoms with van der Waals surface area (Å²) in [4.78, 5) is 42.1. The second-order valence-electron chi connectivity index (χ2n) is 14.7. The molecule has 0 spiro atoms. The number of hydrogen-bond acceptors (Lipinski definition) is 10. The third-order valence-corrected chi connectivity index (χ3v) is 11.0. The molecule has 3 aliphatic carbocycles. The molecule has 11 heteroatoms. The molecule has 2 unspecified atom stereocenters. The molecular weight excluding hydrogens is 638 g/mol. The second-order valence-corrected chi connectivity index (χ2v) is 14.7. The highest BCUT2D eigenvalue weighted by atomic mass is 16.4. The van der Waals surface area contributed by atoms with Crippen LogP contribution in [-0.2, 0) is 9.59 Å². The quantitative estimate of drug-likeness (QED) is 0.0744. The van der Waals surface area contributed by atoms with Crippen LogP contribution < -0.4 is 11.1 Å². The fraction of sp³-hybridized carbons (Fsp3) is 0.615. The van der Waals surface area contributed by atoms with E-state index in [1.165, 1.54) is 68.8 Å². The number of rotatable bonds is 17. The van der Waals surface area contributed by atoms with Crippen LogP contribution in [0, 0.1) is 11.8 Å². The monoisotopic (exact) mass is 695 g/mol. The van der Waals surface area contributed by atoms with E-state index in [-0.39, 0.29) is 29.3 Å². The molecule has 0 heterocycles. The predicted octanol–water partition coefficient (Wildman–Crippen LogP) is 6.06. The van der Waals surface area contributed by atoms with Crippen LogP contribution in [0.15, 0.2) is 47.1 Å². The lowest BCUT2D eigenvalue weighted by Crippen LogP contribution is -2.68. The summed E-state index contributed by atoms with van der Waals surface area (Å²) in [5.74, 6) is -7.64. The molecule has 0 saturated carbocycles. The number of allylic oxidation sites excluding steroid dienone is 1. The Morgan fingerprint density at radius 2 is 1.48 bits per heavy atom. The number of hydrogen-bond donors (Lipinski definition) is 7. The van der Waals surface area contributed by atoms with Gasteiger partial charge in [-0.1, -0.05) is 104 Å². The van der Waals surface area contributed by atoms with Crippen molar-refractivity contribution in [2.24, 2.45) is 17.6 Å². The zero-order valence-corrected chi connectivity index (χ0v) is 30.1. The Morgan fingerprint density at radius 1 is 0.940 bits per heavy atom. The molecule has 8 N–H and O–H groups in total. The van der Waals surface area contributed by atoms with Gasteiger partial charge in [0.2, 0.25) is 11.7 Å². The van der Waals surface area contributed by atoms with Gasteiger partial charge < -0.3 is 36.6 Å². The van der Waals surface area contributed by atoms with Crippen LogP contribution in [0.2, 0.25) is 0 Å². The van der Waals surface area contributed by atoms with Gasteiger partial charge in [0.15, 0.2) is 17.1 Å². The number of Topliss-reactive ketones (excluding diaryl/α,β-unsaturated/α-hetero) is 2. The molecule has 6 atom stereocenters. The standard InChI is InChI=1S/C39H57N3O8/c1-6-7-8-9-10-11-12-13-14-15-16-17-18-19-26(43)41-25-21-20-24-22(2)27-30(34(45)29(24)33(25)44)38(49)39(50)31(35(27)46)32(42(4)5)36(47)28(23(3)40)37(39)48/h20-22,27,31-32,35,44,46-47,49-50H,3,6-19,40H2,1-2,4-5H3,(H,41,43)/t22-,27?,31?,32-,35-,39+/m0/s1. The average molecular weight is 696 g/mol. The predicted molar refractivity (Wildman–Crippen MR) is 193 cm³/mol. The largest absolute Gasteiger partial charge is 0.510 e. The molecule has 1 amide bonds. The number of carbonyl (C=O) groups excluding carboxylic acids is 3. The number of nitrogens with zero attached hydrogens (tertiary/aromatic N) is 1. The first kappa shape index (κ1) is 39.1. The summed E-state index contributed by atoms with van der Waals surface area (Å²) in [5.41, 5.74) is 1.90. The number of amides is 1. The number of nitrogens with two attached hydrogens (primary N) is 1. The van der Waals surface area contributed by atoms with Gasteiger partial charge in [0.1, 0.15) is 11.5 Å². The van der Waals surface area contributed by atoms with Crippen LogP contribution in [0.25, 0.3) is 0 Å². The van der Waals surface area contributed by atoms with Crippen molar-refractivity contribution in [1.82, 2.24) is 4.90 Å². The van der Waals surface area contributed by atoms with Crippen molar-refractivity contribution >= 4 is 23.2 Å². The van der Waals surface area contributed by atoms with Crippen LogP contribution in [0.3, 0.4) is 0 Å². The highest BCUT2D eigenvalue weighted by Crippen LogP contribution is 2.56. The molecule has 1 aromatic carbocycles. The minimum atomic E-state index is -2.83. The highest BCUT2D eigenvalue weighted by molar-refractivity contribution is 6.17. The number of aliphatic hydroxyl groups excluding tert-OH is 3. The van der Waals surface area contributed by atoms with Crippen molar-refractivity contribution in [2.75, 3.05) is 19.4 Å². The summed E-state index contributed by atoms with van der Waals surface area (Å²) in [6.07, 6.45) is 14.1. The molecule has 0 aromatic heterocycles. The lowest BCUT2D eigenvalue weighted by atomic mass is 9.55. The van der Waals surface area contributed by atoms with Gasteiger partial charge in [-0.15, -0.1) is 0 Å². The fourth-order valence-corrected chi connectivity index (χ4v) is 8.31. The van der Waals surface area contributed by atoms with E-state index in [0.717, 1.165) is 19.3 Å². The molecule has 11 nitrogen and oxygen atoms in total. The first-order valence-corrected chi connectivity index (χ1v) is 18.3. The van der Waals surface area contributed by atoms with Crippen molar-refractivity contribution in [1.29, 1.82) is 0 Å². The van der Waals surface area contributed by atoms with E-state index in [4.69, 9.17) is 5.73 Å². The van der Waals surface area contributed by atoms with Crippen LogP contribution in [0.4, 0.5) is 5.69 Å². The third kappa shape index (κ3) is 7.36. The van der Waals surface area contributed by atoms with Gasteiger partial charge in [0, 0.05) is 23.6 Å². The third-order valence-electron chi connectivity index (χ3n) is 11.0. The Balaban J connectivity index is 1.45. The number of likely N-dealkylation sites (N-methyl/N-ethyl adjacent to an activating group) is 1. The first-order valence-electron chi connectivity index (χ1n) is 18.3. The topological polar surface area (TPSA) is 194 Å². The highest BCUT2D eigenvalue weighted by Gasteiger charge is 2.66. The maximum Gasteiger partial charge on any atom is 0.224 e. The number of nitrogens with one attached hydrogen (secondary N) is 1. The van der Waals surface area contributed by atoms with Crippen molar-refractivity contribution in [3.05, 3.63) is 58.2 Å². The van der Waals surface area contributed by atoms with Crippen molar-refractivity contribution < 1.29 is 39.9 Å². The van der Waals surface area contributed by atoms with Crippen LogP contribution >= 0.6 is 0 Å². The van der Waals surface area contributed by atoms with E-state index in [2.05, 4.69) is 18.8 Å². The molecule has 0 radical (unpaired) electrons. The maximum atomic E-state index is 14.1. The smallest absolute Gasteiger partial charge is 0.224 e. The number of fused-ring (bicyclic) bond motifs is 3. The normalized spacial score (nSPS) is 26.2. The molecule has 0 aliphatic heterocycles. The molecule has 4 rings (SSSR count). The van der Waals surface area contributed by atoms with Gasteiger partial charge in [0.05, 0.1) is 34.9 Å². The molecule has 0 fully saturated rings. The van der Waals surface area contributed by atoms with Gasteiger partial charge in [-0.05, 0) is 38.1 Å². The lowest BCUT2D eigenvalue weighted by molar-refractivity contribution is -0.161. The van der Waals surface area contributed by atoms with E-state index >= 15 is 0 Å². The summed E-state index contributed by atoms with van der Waals surface area (Å²) < 4.78 is 0. The molecule has 50 heavy (non-hydrogen) atoms. The zero-order valence-electron chi connectivity index (χ0n) is 30.1. The van der Waals surface area contributed by atoms with E-state index in [1.807, 2.05) is 0 Å². The Morgan fingerprint density at radius 3 is 2.00 bits per heavy atom. The Hall–Kier alpha value is -3.67. The number of anilines is 1. The molecule has 1 aromatic rings. The lowest BCUT2D eigenvalue weighted by Gasteiger charge is -2.53. The summed E-state index contributed by atoms with van der Waals surface area (Å²) in [6, 6.07) is 1.92. The minimum absolute atomic E-state index is 0.0199. The van der Waals surface area contributed by atoms with E-state index < -0.39 is 75.5 Å². The molecule has 0 bridgehead atoms. The molecule has 3 aliphatic rings. The summed E-state index contributed by atoms with van der Waals surface area (Å²) in [5, 5.41) is 60.5. The van der Waals surface area contributed by atoms with Crippen molar-refractivity contribution in [3.63, 3.8) is 0 Å². The van der Waals surface area contributed by atoms with Crippen molar-refractivity contribution in [2.45, 2.75) is 127 Å². The van der Waals surface area contributed by atoms with Gasteiger partial charge in [0.25, 0.3) is 0 Å². The van der Waals surface area contributed by atoms with Crippen LogP contribution in [0.5, 0.6) is 5.75 Å². The van der Waals surface area contributed by atoms with Gasteiger partial charge in [-0.2, -0.15) is 0 Å². The van der Waals surface area contributed by atoms with Crippen molar-refractivity contribution in [3.8, 4) is 5.75 Å². The van der Waals surface area contributed by atoms with Crippen LogP contribution in [-0.4, -0.2) is 79.7 Å². The number of aromatic hydroxyl groups is 1. The summed E-state index contributed by atoms with van der Waals surface area (Å²) in [7, 11) is 3.13. The number of benzene rings is 1. The number of unbranched alkanes of at least 4 members (excludes halogenated alkanes) is 12. The molecule has 276 valence electrons. The summed E-state index contributed by atoms with van der Waals surface area (Å²) in [6.45, 7) is 7.46. The number of aliphatic hydroxyl groups is 4. The number of carbonyl (C=O) groups is 3. The number of phenols is 1. The van der Waals surface area contributed by atoms with Gasteiger partial charge in [-0.3, -0.25) is 19.3 Å². The Kier molecular flexibility index (Phi) is 13.0. The fourth-order valence-electron chi connectivity index (χ4n) is 8.31. The van der Waals surface area contributed by atoms with Gasteiger partial charge in [-0.25, -0.2) is 0 Å². The SMILES string of the molecule is C=C(N)C1=C(O)[C@@H](N(C)C)C2[C@@H](O)C3C(=C(O)[C@]2(O)C1=O)C(=O)c1c(ccc(NC(=O)CCCCCCCCCCCCCCC)c1O)[C@@H]3C. The average Bonchev–Trinajstić information content (AvgIpc) is 3.05. The first-order chi connectivity index (χ1) is 23.7. The van der Waals surface area contributed by atoms with Gasteiger partial charge >= 0.3 is 0 Å².